The van der Waals surface area contributed by atoms with Crippen LogP contribution in [0.3, 0.4) is 0 Å². The van der Waals surface area contributed by atoms with Crippen molar-refractivity contribution >= 4 is 34.6 Å². The Kier molecular flexibility index (Phi) is 8.08. The molecule has 0 spiro atoms. The number of thioether (sulfide) groups is 1. The molecule has 7 heteroatoms. The molecule has 0 radical (unpaired) electrons. The van der Waals surface area contributed by atoms with Crippen LogP contribution in [0.15, 0.2) is 107 Å². The quantitative estimate of drug-likeness (QED) is 0.218. The van der Waals surface area contributed by atoms with Gasteiger partial charge in [0.1, 0.15) is 12.4 Å². The molecule has 39 heavy (non-hydrogen) atoms. The number of amidine groups is 1. The number of nitrogens with zero attached hydrogens (tertiary/aromatic N) is 2. The van der Waals surface area contributed by atoms with Crippen LogP contribution in [0, 0.1) is 12.7 Å². The summed E-state index contributed by atoms with van der Waals surface area (Å²) in [5.41, 5.74) is 4.60. The van der Waals surface area contributed by atoms with Gasteiger partial charge in [0, 0.05) is 0 Å². The van der Waals surface area contributed by atoms with Crippen LogP contribution in [0.25, 0.3) is 6.08 Å². The Morgan fingerprint density at radius 2 is 1.64 bits per heavy atom. The van der Waals surface area contributed by atoms with Crippen LogP contribution >= 0.6 is 11.8 Å². The van der Waals surface area contributed by atoms with Crippen LogP contribution in [-0.2, 0) is 17.9 Å². The highest BCUT2D eigenvalue weighted by Gasteiger charge is 2.33. The molecule has 0 bridgehead atoms. The van der Waals surface area contributed by atoms with Gasteiger partial charge in [0.15, 0.2) is 16.7 Å². The minimum Gasteiger partial charge on any atom is -0.493 e. The Hall–Kier alpha value is -4.36. The zero-order valence-electron chi connectivity index (χ0n) is 21.6. The number of carbonyl (C=O) groups is 1. The van der Waals surface area contributed by atoms with Crippen molar-refractivity contribution in [3.05, 3.63) is 130 Å². The predicted molar refractivity (Wildman–Crippen MR) is 155 cm³/mol. The van der Waals surface area contributed by atoms with E-state index in [-0.39, 0.29) is 18.3 Å². The number of aliphatic imine (C=N–C) groups is 1. The first kappa shape index (κ1) is 26.3. The highest BCUT2D eigenvalue weighted by atomic mass is 32.2. The largest absolute Gasteiger partial charge is 0.493 e. The van der Waals surface area contributed by atoms with Crippen molar-refractivity contribution in [3.63, 3.8) is 0 Å². The van der Waals surface area contributed by atoms with E-state index in [0.29, 0.717) is 28.1 Å². The maximum Gasteiger partial charge on any atom is 0.267 e. The van der Waals surface area contributed by atoms with Crippen molar-refractivity contribution in [1.29, 1.82) is 0 Å². The maximum absolute atomic E-state index is 13.5. The van der Waals surface area contributed by atoms with E-state index in [4.69, 9.17) is 14.5 Å². The summed E-state index contributed by atoms with van der Waals surface area (Å²) in [5.74, 6) is 0.700. The second kappa shape index (κ2) is 12.0. The molecule has 1 heterocycles. The molecule has 1 saturated heterocycles. The predicted octanol–water partition coefficient (Wildman–Crippen LogP) is 7.53. The van der Waals surface area contributed by atoms with Crippen molar-refractivity contribution in [1.82, 2.24) is 4.90 Å². The SMILES string of the molecule is COc1cc(/C=C2/SC(=Nc3ccc(C)cc3)N(Cc3ccccc3)C2=O)ccc1OCc1ccc(F)cc1. The van der Waals surface area contributed by atoms with Gasteiger partial charge in [-0.2, -0.15) is 0 Å². The van der Waals surface area contributed by atoms with Gasteiger partial charge in [-0.3, -0.25) is 9.69 Å². The molecule has 1 aliphatic rings. The number of benzene rings is 4. The molecular weight excluding hydrogens is 511 g/mol. The van der Waals surface area contributed by atoms with Gasteiger partial charge in [-0.25, -0.2) is 9.38 Å². The number of methoxy groups -OCH3 is 1. The van der Waals surface area contributed by atoms with Crippen molar-refractivity contribution in [2.75, 3.05) is 7.11 Å². The Balaban J connectivity index is 1.40. The summed E-state index contributed by atoms with van der Waals surface area (Å²) in [6.45, 7) is 2.73. The number of carbonyl (C=O) groups excluding carboxylic acids is 1. The summed E-state index contributed by atoms with van der Waals surface area (Å²) in [4.78, 5) is 20.6. The van der Waals surface area contributed by atoms with E-state index >= 15 is 0 Å². The molecule has 0 aliphatic carbocycles. The van der Waals surface area contributed by atoms with E-state index < -0.39 is 0 Å². The highest BCUT2D eigenvalue weighted by Crippen LogP contribution is 2.37. The third kappa shape index (κ3) is 6.56. The van der Waals surface area contributed by atoms with Gasteiger partial charge in [0.25, 0.3) is 5.91 Å². The van der Waals surface area contributed by atoms with E-state index in [0.717, 1.165) is 27.9 Å². The summed E-state index contributed by atoms with van der Waals surface area (Å²) in [5, 5.41) is 0.630. The average Bonchev–Trinajstić information content (AvgIpc) is 3.23. The van der Waals surface area contributed by atoms with Crippen LogP contribution in [0.2, 0.25) is 0 Å². The third-order valence-corrected chi connectivity index (χ3v) is 7.13. The van der Waals surface area contributed by atoms with E-state index in [1.165, 1.54) is 23.9 Å². The number of hydrogen-bond donors (Lipinski definition) is 0. The van der Waals surface area contributed by atoms with Crippen LogP contribution in [0.4, 0.5) is 10.1 Å². The fourth-order valence-corrected chi connectivity index (χ4v) is 5.01. The van der Waals surface area contributed by atoms with Crippen molar-refractivity contribution < 1.29 is 18.7 Å². The molecule has 196 valence electrons. The lowest BCUT2D eigenvalue weighted by Crippen LogP contribution is -2.28. The van der Waals surface area contributed by atoms with Gasteiger partial charge in [-0.1, -0.05) is 66.2 Å². The van der Waals surface area contributed by atoms with E-state index in [2.05, 4.69) is 0 Å². The number of amides is 1. The van der Waals surface area contributed by atoms with Crippen molar-refractivity contribution in [2.24, 2.45) is 4.99 Å². The summed E-state index contributed by atoms with van der Waals surface area (Å²) in [6, 6.07) is 29.5. The summed E-state index contributed by atoms with van der Waals surface area (Å²) in [6.07, 6.45) is 1.84. The summed E-state index contributed by atoms with van der Waals surface area (Å²) >= 11 is 1.35. The first-order valence-electron chi connectivity index (χ1n) is 12.4. The van der Waals surface area contributed by atoms with Gasteiger partial charge >= 0.3 is 0 Å². The average molecular weight is 539 g/mol. The van der Waals surface area contributed by atoms with Gasteiger partial charge in [-0.15, -0.1) is 0 Å². The molecule has 4 aromatic rings. The Labute approximate surface area is 231 Å². The smallest absolute Gasteiger partial charge is 0.267 e. The molecule has 0 N–H and O–H groups in total. The fraction of sp³-hybridized carbons (Fsp3) is 0.125. The van der Waals surface area contributed by atoms with E-state index in [1.807, 2.05) is 85.8 Å². The lowest BCUT2D eigenvalue weighted by atomic mass is 10.1. The highest BCUT2D eigenvalue weighted by molar-refractivity contribution is 8.18. The topological polar surface area (TPSA) is 51.1 Å². The van der Waals surface area contributed by atoms with Crippen molar-refractivity contribution in [2.45, 2.75) is 20.1 Å². The standard InChI is InChI=1S/C32H27FN2O3S/c1-22-8-15-27(16-9-22)34-32-35(20-23-6-4-3-5-7-23)31(36)30(39-32)19-25-12-17-28(29(18-25)37-2)38-21-24-10-13-26(33)14-11-24/h3-19H,20-21H2,1-2H3/b30-19+,34-32?. The van der Waals surface area contributed by atoms with E-state index in [9.17, 15) is 9.18 Å². The van der Waals surface area contributed by atoms with E-state index in [1.54, 1.807) is 24.1 Å². The van der Waals surface area contributed by atoms with Crippen LogP contribution in [0.1, 0.15) is 22.3 Å². The second-order valence-electron chi connectivity index (χ2n) is 9.04. The Bertz CT molecular complexity index is 1520. The number of ether oxygens (including phenoxy) is 2. The van der Waals surface area contributed by atoms with Gasteiger partial charge < -0.3 is 9.47 Å². The van der Waals surface area contributed by atoms with Crippen LogP contribution < -0.4 is 9.47 Å². The molecule has 1 amide bonds. The normalized spacial score (nSPS) is 15.3. The van der Waals surface area contributed by atoms with Crippen molar-refractivity contribution in [3.8, 4) is 11.5 Å². The molecule has 0 unspecified atom stereocenters. The summed E-state index contributed by atoms with van der Waals surface area (Å²) < 4.78 is 24.6. The molecule has 1 fully saturated rings. The number of rotatable bonds is 8. The molecule has 0 atom stereocenters. The first-order chi connectivity index (χ1) is 19.0. The van der Waals surface area contributed by atoms with Crippen LogP contribution in [-0.4, -0.2) is 23.1 Å². The number of hydrogen-bond acceptors (Lipinski definition) is 5. The molecule has 0 saturated carbocycles. The molecule has 5 rings (SSSR count). The van der Waals surface area contributed by atoms with Gasteiger partial charge in [0.2, 0.25) is 0 Å². The fourth-order valence-electron chi connectivity index (χ4n) is 4.01. The minimum absolute atomic E-state index is 0.106. The number of aryl methyl sites for hydroxylation is 1. The molecule has 5 nitrogen and oxygen atoms in total. The van der Waals surface area contributed by atoms with Gasteiger partial charge in [-0.05, 0) is 77.9 Å². The lowest BCUT2D eigenvalue weighted by molar-refractivity contribution is -0.122. The Morgan fingerprint density at radius 3 is 2.36 bits per heavy atom. The molecule has 4 aromatic carbocycles. The summed E-state index contributed by atoms with van der Waals surface area (Å²) in [7, 11) is 1.57. The zero-order valence-corrected chi connectivity index (χ0v) is 22.5. The second-order valence-corrected chi connectivity index (χ2v) is 10.1. The first-order valence-corrected chi connectivity index (χ1v) is 13.3. The van der Waals surface area contributed by atoms with Crippen LogP contribution in [0.5, 0.6) is 11.5 Å². The number of halogens is 1. The van der Waals surface area contributed by atoms with Gasteiger partial charge in [0.05, 0.1) is 24.2 Å². The lowest BCUT2D eigenvalue weighted by Gasteiger charge is -2.15. The monoisotopic (exact) mass is 538 g/mol. The molecule has 1 aliphatic heterocycles. The maximum atomic E-state index is 13.5. The Morgan fingerprint density at radius 1 is 0.897 bits per heavy atom. The third-order valence-electron chi connectivity index (χ3n) is 6.12. The molecule has 0 aromatic heterocycles. The zero-order chi connectivity index (χ0) is 27.2. The molecular formula is C32H27FN2O3S. The minimum atomic E-state index is -0.289.